The number of esters is 2. The zero-order valence-electron chi connectivity index (χ0n) is 37.8. The number of hydrogen-bond donors (Lipinski definition) is 1. The second-order valence-corrected chi connectivity index (χ2v) is 18.6. The number of unbranched alkanes of at least 4 members (excludes halogenated alkanes) is 12. The summed E-state index contributed by atoms with van der Waals surface area (Å²) < 4.78 is 11.3. The van der Waals surface area contributed by atoms with E-state index in [1.54, 1.807) is 0 Å². The Labute approximate surface area is 336 Å². The molecule has 320 valence electrons. The monoisotopic (exact) mass is 765 g/mol. The molecule has 0 aromatic carbocycles. The van der Waals surface area contributed by atoms with Gasteiger partial charge in [0.15, 0.2) is 0 Å². The van der Waals surface area contributed by atoms with Crippen molar-refractivity contribution in [3.8, 4) is 0 Å². The number of nitrogens with one attached hydrogen (secondary N) is 1. The molecule has 0 aliphatic carbocycles. The Hall–Kier alpha value is -1.63. The predicted octanol–water partition coefficient (Wildman–Crippen LogP) is 12.3. The smallest absolute Gasteiger partial charge is 0.305 e. The molecule has 0 radical (unpaired) electrons. The van der Waals surface area contributed by atoms with Crippen molar-refractivity contribution in [2.75, 3.05) is 26.8 Å². The van der Waals surface area contributed by atoms with Crippen molar-refractivity contribution in [3.63, 3.8) is 0 Å². The molecule has 0 bridgehead atoms. The van der Waals surface area contributed by atoms with Gasteiger partial charge in [0.25, 0.3) is 0 Å². The van der Waals surface area contributed by atoms with Gasteiger partial charge in [-0.3, -0.25) is 19.3 Å². The number of carbonyl (C=O) groups excluding carboxylic acids is 3. The maximum absolute atomic E-state index is 12.8. The Morgan fingerprint density at radius 1 is 0.481 bits per heavy atom. The van der Waals surface area contributed by atoms with Crippen LogP contribution in [0.5, 0.6) is 0 Å². The van der Waals surface area contributed by atoms with Crippen LogP contribution in [0.15, 0.2) is 0 Å². The second kappa shape index (κ2) is 33.5. The Morgan fingerprint density at radius 2 is 0.833 bits per heavy atom. The first kappa shape index (κ1) is 52.4. The molecule has 2 atom stereocenters. The van der Waals surface area contributed by atoms with Gasteiger partial charge in [0.1, 0.15) is 0 Å². The molecule has 54 heavy (non-hydrogen) atoms. The molecule has 0 aromatic rings. The fourth-order valence-corrected chi connectivity index (χ4v) is 6.92. The van der Waals surface area contributed by atoms with Gasteiger partial charge in [0.05, 0.1) is 19.8 Å². The van der Waals surface area contributed by atoms with Gasteiger partial charge in [-0.1, -0.05) is 145 Å². The summed E-state index contributed by atoms with van der Waals surface area (Å²) in [7, 11) is 2.01. The van der Waals surface area contributed by atoms with Crippen LogP contribution < -0.4 is 5.32 Å². The molecule has 1 amide bonds. The van der Waals surface area contributed by atoms with E-state index in [9.17, 15) is 14.4 Å². The van der Waals surface area contributed by atoms with Gasteiger partial charge in [-0.25, -0.2) is 0 Å². The zero-order chi connectivity index (χ0) is 40.7. The Balaban J connectivity index is 4.27. The molecule has 0 aromatic heterocycles. The van der Waals surface area contributed by atoms with Crippen LogP contribution in [0.25, 0.3) is 0 Å². The third-order valence-corrected chi connectivity index (χ3v) is 11.5. The first-order chi connectivity index (χ1) is 25.6. The molecule has 0 heterocycles. The highest BCUT2D eigenvalue weighted by Gasteiger charge is 2.18. The zero-order valence-corrected chi connectivity index (χ0v) is 37.8. The summed E-state index contributed by atoms with van der Waals surface area (Å²) in [5.74, 6) is 3.45. The molecule has 0 spiro atoms. The third kappa shape index (κ3) is 31.6. The fraction of sp³-hybridized carbons (Fsp3) is 0.936. The van der Waals surface area contributed by atoms with Gasteiger partial charge in [-0.2, -0.15) is 0 Å². The molecule has 0 fully saturated rings. The largest absolute Gasteiger partial charge is 0.465 e. The van der Waals surface area contributed by atoms with Crippen LogP contribution in [0.2, 0.25) is 0 Å². The lowest BCUT2D eigenvalue weighted by Crippen LogP contribution is -2.42. The van der Waals surface area contributed by atoms with Crippen molar-refractivity contribution in [2.45, 2.75) is 223 Å². The van der Waals surface area contributed by atoms with E-state index in [0.29, 0.717) is 74.1 Å². The van der Waals surface area contributed by atoms with Crippen LogP contribution >= 0.6 is 0 Å². The SMILES string of the molecule is CC(C)CCC(COC(=O)CCCCCCCCCC(CCCCCCCCCC(=O)OCC(CCC(C)C)C(C)C)NC(=O)CN(C)C(C)C)C(C)C. The van der Waals surface area contributed by atoms with E-state index >= 15 is 0 Å². The number of rotatable bonds is 36. The Bertz CT molecular complexity index is 860. The van der Waals surface area contributed by atoms with Crippen LogP contribution in [-0.4, -0.2) is 61.6 Å². The van der Waals surface area contributed by atoms with Crippen molar-refractivity contribution in [1.82, 2.24) is 10.2 Å². The minimum atomic E-state index is -0.0326. The molecule has 0 aliphatic heterocycles. The van der Waals surface area contributed by atoms with Gasteiger partial charge in [0.2, 0.25) is 5.91 Å². The minimum absolute atomic E-state index is 0.0326. The first-order valence-electron chi connectivity index (χ1n) is 22.9. The van der Waals surface area contributed by atoms with Crippen LogP contribution in [0.4, 0.5) is 0 Å². The van der Waals surface area contributed by atoms with Crippen LogP contribution in [-0.2, 0) is 23.9 Å². The molecule has 7 heteroatoms. The van der Waals surface area contributed by atoms with E-state index in [1.165, 1.54) is 64.2 Å². The minimum Gasteiger partial charge on any atom is -0.465 e. The third-order valence-electron chi connectivity index (χ3n) is 11.5. The molecular weight excluding hydrogens is 673 g/mol. The van der Waals surface area contributed by atoms with E-state index in [1.807, 2.05) is 7.05 Å². The topological polar surface area (TPSA) is 84.9 Å². The molecule has 0 rings (SSSR count). The number of likely N-dealkylation sites (N-methyl/N-ethyl adjacent to an activating group) is 1. The number of ether oxygens (including phenoxy) is 2. The van der Waals surface area contributed by atoms with Crippen molar-refractivity contribution < 1.29 is 23.9 Å². The molecule has 1 N–H and O–H groups in total. The highest BCUT2D eigenvalue weighted by molar-refractivity contribution is 5.78. The second-order valence-electron chi connectivity index (χ2n) is 18.6. The quantitative estimate of drug-likeness (QED) is 0.0505. The summed E-state index contributed by atoms with van der Waals surface area (Å²) >= 11 is 0. The molecule has 2 unspecified atom stereocenters. The number of amides is 1. The normalized spacial score (nSPS) is 13.7. The van der Waals surface area contributed by atoms with E-state index < -0.39 is 0 Å². The van der Waals surface area contributed by atoms with Crippen LogP contribution in [0, 0.1) is 35.5 Å². The summed E-state index contributed by atoms with van der Waals surface area (Å²) in [4.78, 5) is 39.5. The average molecular weight is 765 g/mol. The van der Waals surface area contributed by atoms with Crippen molar-refractivity contribution in [3.05, 3.63) is 0 Å². The van der Waals surface area contributed by atoms with Gasteiger partial charge < -0.3 is 14.8 Å². The van der Waals surface area contributed by atoms with E-state index in [-0.39, 0.29) is 23.9 Å². The number of carbonyl (C=O) groups is 3. The maximum atomic E-state index is 12.8. The number of hydrogen-bond acceptors (Lipinski definition) is 6. The summed E-state index contributed by atoms with van der Waals surface area (Å²) in [6.45, 7) is 23.8. The first-order valence-corrected chi connectivity index (χ1v) is 22.9. The highest BCUT2D eigenvalue weighted by atomic mass is 16.5. The fourth-order valence-electron chi connectivity index (χ4n) is 6.92. The van der Waals surface area contributed by atoms with E-state index in [0.717, 1.165) is 64.2 Å². The lowest BCUT2D eigenvalue weighted by molar-refractivity contribution is -0.146. The Kier molecular flexibility index (Phi) is 32.5. The van der Waals surface area contributed by atoms with Crippen molar-refractivity contribution >= 4 is 17.8 Å². The van der Waals surface area contributed by atoms with E-state index in [2.05, 4.69) is 79.5 Å². The lowest BCUT2D eigenvalue weighted by atomic mass is 9.89. The van der Waals surface area contributed by atoms with E-state index in [4.69, 9.17) is 9.47 Å². The maximum Gasteiger partial charge on any atom is 0.305 e. The van der Waals surface area contributed by atoms with Crippen LogP contribution in [0.1, 0.15) is 210 Å². The van der Waals surface area contributed by atoms with Crippen molar-refractivity contribution in [1.29, 1.82) is 0 Å². The highest BCUT2D eigenvalue weighted by Crippen LogP contribution is 2.22. The summed E-state index contributed by atoms with van der Waals surface area (Å²) in [6, 6.07) is 0.593. The molecular formula is C47H92N2O5. The van der Waals surface area contributed by atoms with Gasteiger partial charge in [-0.05, 0) is 94.9 Å². The molecule has 0 aliphatic rings. The average Bonchev–Trinajstić information content (AvgIpc) is 3.09. The standard InChI is InChI=1S/C47H92N2O5/c1-37(2)30-32-42(39(5)6)35-53-46(51)28-24-20-16-12-14-18-22-26-44(48-45(50)34-49(11)41(9)10)27-23-19-15-13-17-21-25-29-47(52)54-36-43(40(7)8)33-31-38(3)4/h37-44H,12-36H2,1-11H3,(H,48,50). The summed E-state index contributed by atoms with van der Waals surface area (Å²) in [6.07, 6.45) is 23.6. The molecule has 0 saturated heterocycles. The van der Waals surface area contributed by atoms with Gasteiger partial charge >= 0.3 is 11.9 Å². The number of nitrogens with zero attached hydrogens (tertiary/aromatic N) is 1. The van der Waals surface area contributed by atoms with Crippen LogP contribution in [0.3, 0.4) is 0 Å². The summed E-state index contributed by atoms with van der Waals surface area (Å²) in [5, 5.41) is 3.36. The molecule has 0 saturated carbocycles. The van der Waals surface area contributed by atoms with Gasteiger partial charge in [-0.15, -0.1) is 0 Å². The van der Waals surface area contributed by atoms with Gasteiger partial charge in [0, 0.05) is 24.9 Å². The molecule has 7 nitrogen and oxygen atoms in total. The Morgan fingerprint density at radius 3 is 1.17 bits per heavy atom. The summed E-state index contributed by atoms with van der Waals surface area (Å²) in [5.41, 5.74) is 0. The van der Waals surface area contributed by atoms with Crippen molar-refractivity contribution in [2.24, 2.45) is 35.5 Å². The predicted molar refractivity (Wildman–Crippen MR) is 230 cm³/mol. The lowest BCUT2D eigenvalue weighted by Gasteiger charge is -2.23.